The lowest BCUT2D eigenvalue weighted by Crippen LogP contribution is -2.41. The molecule has 0 saturated carbocycles. The fourth-order valence-electron chi connectivity index (χ4n) is 0.901. The van der Waals surface area contributed by atoms with E-state index in [1.165, 1.54) is 0 Å². The van der Waals surface area contributed by atoms with Crippen LogP contribution in [0.4, 0.5) is 0 Å². The molecular formula is C9H20N2O3. The van der Waals surface area contributed by atoms with Gasteiger partial charge in [0.05, 0.1) is 25.9 Å². The molecule has 5 heteroatoms. The molecule has 0 spiro atoms. The minimum absolute atomic E-state index is 0.0121. The van der Waals surface area contributed by atoms with E-state index in [0.717, 1.165) is 0 Å². The first kappa shape index (κ1) is 13.4. The lowest BCUT2D eigenvalue weighted by atomic mass is 10.3. The lowest BCUT2D eigenvalue weighted by molar-refractivity contribution is -0.122. The Morgan fingerprint density at radius 2 is 2.07 bits per heavy atom. The van der Waals surface area contributed by atoms with Crippen LogP contribution in [0.5, 0.6) is 0 Å². The van der Waals surface area contributed by atoms with E-state index in [1.807, 2.05) is 6.92 Å². The molecule has 0 heterocycles. The number of nitrogens with one attached hydrogen (secondary N) is 2. The van der Waals surface area contributed by atoms with E-state index in [2.05, 4.69) is 10.6 Å². The first-order valence-corrected chi connectivity index (χ1v) is 4.74. The number of hydrogen-bond acceptors (Lipinski definition) is 4. The number of rotatable bonds is 8. The maximum Gasteiger partial charge on any atom is 0.236 e. The number of ether oxygens (including phenoxy) is 2. The first-order chi connectivity index (χ1) is 6.72. The monoisotopic (exact) mass is 204 g/mol. The average molecular weight is 204 g/mol. The fraction of sp³-hybridized carbons (Fsp3) is 0.889. The summed E-state index contributed by atoms with van der Waals surface area (Å²) in [4.78, 5) is 11.0. The zero-order valence-electron chi connectivity index (χ0n) is 9.13. The number of likely N-dealkylation sites (N-methyl/N-ethyl adjacent to an activating group) is 1. The average Bonchev–Trinajstić information content (AvgIpc) is 2.21. The molecule has 2 N–H and O–H groups in total. The van der Waals surface area contributed by atoms with Gasteiger partial charge in [-0.1, -0.05) is 0 Å². The molecule has 1 atom stereocenters. The van der Waals surface area contributed by atoms with Crippen molar-refractivity contribution in [2.45, 2.75) is 13.0 Å². The van der Waals surface area contributed by atoms with Crippen LogP contribution in [0.15, 0.2) is 0 Å². The molecule has 14 heavy (non-hydrogen) atoms. The Bertz CT molecular complexity index is 153. The van der Waals surface area contributed by atoms with Crippen LogP contribution in [0.2, 0.25) is 0 Å². The van der Waals surface area contributed by atoms with Gasteiger partial charge in [-0.15, -0.1) is 0 Å². The van der Waals surface area contributed by atoms with Gasteiger partial charge in [0.1, 0.15) is 0 Å². The number of carbonyl (C=O) groups is 1. The molecule has 1 unspecified atom stereocenters. The number of hydrogen-bond donors (Lipinski definition) is 2. The molecular weight excluding hydrogens is 184 g/mol. The molecule has 0 aromatic heterocycles. The molecule has 0 aromatic carbocycles. The quantitative estimate of drug-likeness (QED) is 0.517. The Kier molecular flexibility index (Phi) is 8.51. The number of methoxy groups -OCH3 is 1. The molecule has 84 valence electrons. The van der Waals surface area contributed by atoms with Gasteiger partial charge in [0.25, 0.3) is 0 Å². The minimum Gasteiger partial charge on any atom is -0.382 e. The Morgan fingerprint density at radius 3 is 2.64 bits per heavy atom. The summed E-state index contributed by atoms with van der Waals surface area (Å²) < 4.78 is 10.0. The molecule has 0 aliphatic heterocycles. The summed E-state index contributed by atoms with van der Waals surface area (Å²) in [5.74, 6) is -0.0121. The van der Waals surface area contributed by atoms with Gasteiger partial charge in [0, 0.05) is 20.7 Å². The van der Waals surface area contributed by atoms with Crippen molar-refractivity contribution in [3.8, 4) is 0 Å². The van der Waals surface area contributed by atoms with Crippen molar-refractivity contribution in [2.75, 3.05) is 40.5 Å². The van der Waals surface area contributed by atoms with Gasteiger partial charge >= 0.3 is 0 Å². The summed E-state index contributed by atoms with van der Waals surface area (Å²) in [6.45, 7) is 4.26. The van der Waals surface area contributed by atoms with E-state index in [0.29, 0.717) is 26.4 Å². The second-order valence-corrected chi connectivity index (χ2v) is 2.90. The second kappa shape index (κ2) is 8.93. The van der Waals surface area contributed by atoms with E-state index in [1.54, 1.807) is 14.2 Å². The normalized spacial score (nSPS) is 12.5. The molecule has 0 aliphatic carbocycles. The molecule has 0 bridgehead atoms. The predicted octanol–water partition coefficient (Wildman–Crippen LogP) is -0.626. The maximum atomic E-state index is 11.0. The molecule has 0 fully saturated rings. The summed E-state index contributed by atoms with van der Waals surface area (Å²) >= 11 is 0. The van der Waals surface area contributed by atoms with Gasteiger partial charge in [-0.05, 0) is 6.92 Å². The zero-order chi connectivity index (χ0) is 10.8. The Labute approximate surface area is 85.1 Å². The highest BCUT2D eigenvalue weighted by Crippen LogP contribution is 1.81. The third kappa shape index (κ3) is 6.82. The molecule has 1 amide bonds. The van der Waals surface area contributed by atoms with E-state index >= 15 is 0 Å². The van der Waals surface area contributed by atoms with Crippen LogP contribution in [0, 0.1) is 0 Å². The van der Waals surface area contributed by atoms with Gasteiger partial charge in [0.15, 0.2) is 0 Å². The highest BCUT2D eigenvalue weighted by Gasteiger charge is 2.08. The summed E-state index contributed by atoms with van der Waals surface area (Å²) in [5.41, 5.74) is 0. The van der Waals surface area contributed by atoms with Crippen molar-refractivity contribution in [3.05, 3.63) is 0 Å². The van der Waals surface area contributed by atoms with Crippen molar-refractivity contribution in [1.29, 1.82) is 0 Å². The molecule has 0 rings (SSSR count). The number of amides is 1. The SMILES string of the molecule is CNC(=O)C(C)NCCOCCOC. The van der Waals surface area contributed by atoms with E-state index in [4.69, 9.17) is 9.47 Å². The van der Waals surface area contributed by atoms with Crippen LogP contribution in [0.1, 0.15) is 6.92 Å². The van der Waals surface area contributed by atoms with Crippen molar-refractivity contribution in [1.82, 2.24) is 10.6 Å². The highest BCUT2D eigenvalue weighted by molar-refractivity contribution is 5.80. The van der Waals surface area contributed by atoms with E-state index in [9.17, 15) is 4.79 Å². The predicted molar refractivity (Wildman–Crippen MR) is 54.2 cm³/mol. The van der Waals surface area contributed by atoms with Crippen LogP contribution in [-0.4, -0.2) is 52.5 Å². The van der Waals surface area contributed by atoms with Crippen molar-refractivity contribution >= 4 is 5.91 Å². The Hall–Kier alpha value is -0.650. The van der Waals surface area contributed by atoms with Gasteiger partial charge in [-0.2, -0.15) is 0 Å². The molecule has 0 aromatic rings. The standard InChI is InChI=1S/C9H20N2O3/c1-8(9(12)10-2)11-4-5-14-7-6-13-3/h8,11H,4-7H2,1-3H3,(H,10,12). The summed E-state index contributed by atoms with van der Waals surface area (Å²) in [6.07, 6.45) is 0. The summed E-state index contributed by atoms with van der Waals surface area (Å²) in [7, 11) is 3.25. The summed E-state index contributed by atoms with van der Waals surface area (Å²) in [5, 5.41) is 5.60. The van der Waals surface area contributed by atoms with Gasteiger partial charge in [-0.25, -0.2) is 0 Å². The van der Waals surface area contributed by atoms with Crippen LogP contribution in [-0.2, 0) is 14.3 Å². The molecule has 5 nitrogen and oxygen atoms in total. The minimum atomic E-state index is -0.175. The Balaban J connectivity index is 3.23. The summed E-state index contributed by atoms with van der Waals surface area (Å²) in [6, 6.07) is -0.175. The fourth-order valence-corrected chi connectivity index (χ4v) is 0.901. The highest BCUT2D eigenvalue weighted by atomic mass is 16.5. The molecule has 0 saturated heterocycles. The van der Waals surface area contributed by atoms with Crippen LogP contribution in [0.25, 0.3) is 0 Å². The third-order valence-electron chi connectivity index (χ3n) is 1.77. The molecule has 0 radical (unpaired) electrons. The number of carbonyl (C=O) groups excluding carboxylic acids is 1. The van der Waals surface area contributed by atoms with Crippen LogP contribution >= 0.6 is 0 Å². The van der Waals surface area contributed by atoms with Crippen molar-refractivity contribution in [3.63, 3.8) is 0 Å². The van der Waals surface area contributed by atoms with Crippen LogP contribution in [0.3, 0.4) is 0 Å². The maximum absolute atomic E-state index is 11.0. The van der Waals surface area contributed by atoms with Crippen molar-refractivity contribution < 1.29 is 14.3 Å². The zero-order valence-corrected chi connectivity index (χ0v) is 9.13. The first-order valence-electron chi connectivity index (χ1n) is 4.74. The Morgan fingerprint density at radius 1 is 1.36 bits per heavy atom. The largest absolute Gasteiger partial charge is 0.382 e. The molecule has 0 aliphatic rings. The van der Waals surface area contributed by atoms with Crippen LogP contribution < -0.4 is 10.6 Å². The third-order valence-corrected chi connectivity index (χ3v) is 1.77. The van der Waals surface area contributed by atoms with E-state index in [-0.39, 0.29) is 11.9 Å². The van der Waals surface area contributed by atoms with Gasteiger partial charge in [-0.3, -0.25) is 4.79 Å². The van der Waals surface area contributed by atoms with Gasteiger partial charge in [0.2, 0.25) is 5.91 Å². The van der Waals surface area contributed by atoms with Crippen molar-refractivity contribution in [2.24, 2.45) is 0 Å². The van der Waals surface area contributed by atoms with E-state index < -0.39 is 0 Å². The lowest BCUT2D eigenvalue weighted by Gasteiger charge is -2.11. The smallest absolute Gasteiger partial charge is 0.236 e. The van der Waals surface area contributed by atoms with Gasteiger partial charge < -0.3 is 20.1 Å². The topological polar surface area (TPSA) is 59.6 Å². The second-order valence-electron chi connectivity index (χ2n) is 2.90.